The molecule has 0 saturated heterocycles. The summed E-state index contributed by atoms with van der Waals surface area (Å²) < 4.78 is 26.4. The van der Waals surface area contributed by atoms with E-state index in [1.54, 1.807) is 0 Å². The summed E-state index contributed by atoms with van der Waals surface area (Å²) in [4.78, 5) is 10.9. The van der Waals surface area contributed by atoms with E-state index in [0.29, 0.717) is 0 Å². The number of carboxylic acid groups (broad SMARTS) is 1. The van der Waals surface area contributed by atoms with E-state index in [4.69, 9.17) is 5.11 Å². The van der Waals surface area contributed by atoms with E-state index >= 15 is 0 Å². The predicted molar refractivity (Wildman–Crippen MR) is 69.4 cm³/mol. The molecule has 19 heavy (non-hydrogen) atoms. The van der Waals surface area contributed by atoms with Gasteiger partial charge in [-0.1, -0.05) is 27.7 Å². The van der Waals surface area contributed by atoms with Crippen molar-refractivity contribution in [2.24, 2.45) is 11.3 Å². The number of aromatic nitrogens is 2. The lowest BCUT2D eigenvalue weighted by Crippen LogP contribution is -2.34. The SMILES string of the molecule is CC(CNS(=O)(=O)c1[nH]ncc1C(=O)O)C(C)(C)C. The van der Waals surface area contributed by atoms with Crippen molar-refractivity contribution in [3.63, 3.8) is 0 Å². The summed E-state index contributed by atoms with van der Waals surface area (Å²) in [5.74, 6) is -1.24. The first kappa shape index (κ1) is 15.6. The number of nitrogens with zero attached hydrogens (tertiary/aromatic N) is 1. The molecule has 0 aliphatic carbocycles. The molecule has 1 aromatic heterocycles. The van der Waals surface area contributed by atoms with E-state index in [1.807, 2.05) is 27.7 Å². The average molecular weight is 289 g/mol. The van der Waals surface area contributed by atoms with Gasteiger partial charge in [0.15, 0.2) is 5.03 Å². The fourth-order valence-electron chi connectivity index (χ4n) is 1.24. The fourth-order valence-corrected chi connectivity index (χ4v) is 2.46. The first-order chi connectivity index (χ1) is 8.55. The topological polar surface area (TPSA) is 112 Å². The molecule has 0 saturated carbocycles. The van der Waals surface area contributed by atoms with Crippen molar-refractivity contribution in [3.05, 3.63) is 11.8 Å². The van der Waals surface area contributed by atoms with Crippen LogP contribution in [0.2, 0.25) is 0 Å². The van der Waals surface area contributed by atoms with E-state index in [0.717, 1.165) is 6.20 Å². The average Bonchev–Trinajstić information content (AvgIpc) is 2.74. The summed E-state index contributed by atoms with van der Waals surface area (Å²) in [6.07, 6.45) is 0.976. The van der Waals surface area contributed by atoms with Gasteiger partial charge >= 0.3 is 5.97 Å². The standard InChI is InChI=1S/C11H19N3O4S/c1-7(11(2,3)4)5-13-19(17,18)9-8(10(15)16)6-12-14-9/h6-7,13H,5H2,1-4H3,(H,12,14)(H,15,16). The van der Waals surface area contributed by atoms with Gasteiger partial charge < -0.3 is 5.11 Å². The number of carbonyl (C=O) groups is 1. The third kappa shape index (κ3) is 3.77. The Labute approximate surface area is 112 Å². The zero-order valence-electron chi connectivity index (χ0n) is 11.4. The highest BCUT2D eigenvalue weighted by Crippen LogP contribution is 2.25. The van der Waals surface area contributed by atoms with Crippen LogP contribution in [0.4, 0.5) is 0 Å². The Morgan fingerprint density at radius 1 is 1.53 bits per heavy atom. The van der Waals surface area contributed by atoms with Gasteiger partial charge in [-0.25, -0.2) is 17.9 Å². The molecule has 1 aromatic rings. The van der Waals surface area contributed by atoms with Crippen molar-refractivity contribution in [2.45, 2.75) is 32.7 Å². The largest absolute Gasteiger partial charge is 0.478 e. The van der Waals surface area contributed by atoms with Crippen LogP contribution in [0, 0.1) is 11.3 Å². The third-order valence-corrected chi connectivity index (χ3v) is 4.56. The molecule has 0 aliphatic rings. The number of nitrogens with one attached hydrogen (secondary N) is 2. The van der Waals surface area contributed by atoms with Crippen LogP contribution in [0.3, 0.4) is 0 Å². The van der Waals surface area contributed by atoms with E-state index in [-0.39, 0.29) is 23.4 Å². The summed E-state index contributed by atoms with van der Waals surface area (Å²) >= 11 is 0. The molecule has 0 amide bonds. The maximum absolute atomic E-state index is 12.0. The van der Waals surface area contributed by atoms with Gasteiger partial charge in [0.2, 0.25) is 0 Å². The number of hydrogen-bond acceptors (Lipinski definition) is 4. The molecule has 0 fully saturated rings. The lowest BCUT2D eigenvalue weighted by atomic mass is 9.82. The highest BCUT2D eigenvalue weighted by Gasteiger charge is 2.27. The summed E-state index contributed by atoms with van der Waals surface area (Å²) in [7, 11) is -3.90. The van der Waals surface area contributed by atoms with Crippen LogP contribution in [-0.2, 0) is 10.0 Å². The number of aromatic amines is 1. The maximum atomic E-state index is 12.0. The molecule has 1 atom stereocenters. The second-order valence-electron chi connectivity index (χ2n) is 5.54. The van der Waals surface area contributed by atoms with Gasteiger partial charge in [0.1, 0.15) is 5.56 Å². The summed E-state index contributed by atoms with van der Waals surface area (Å²) in [5, 5.41) is 14.1. The molecule has 0 aromatic carbocycles. The Kier molecular flexibility index (Phi) is 4.36. The van der Waals surface area contributed by atoms with Gasteiger partial charge in [0.05, 0.1) is 6.20 Å². The number of sulfonamides is 1. The Morgan fingerprint density at radius 2 is 2.11 bits per heavy atom. The van der Waals surface area contributed by atoms with Gasteiger partial charge in [-0.2, -0.15) is 5.10 Å². The summed E-state index contributed by atoms with van der Waals surface area (Å²) in [6, 6.07) is 0. The Morgan fingerprint density at radius 3 is 2.58 bits per heavy atom. The van der Waals surface area contributed by atoms with Gasteiger partial charge in [0, 0.05) is 6.54 Å². The Balaban J connectivity index is 2.88. The van der Waals surface area contributed by atoms with Gasteiger partial charge in [-0.3, -0.25) is 5.10 Å². The van der Waals surface area contributed by atoms with Crippen LogP contribution in [0.1, 0.15) is 38.1 Å². The number of H-pyrrole nitrogens is 1. The van der Waals surface area contributed by atoms with E-state index in [1.165, 1.54) is 0 Å². The van der Waals surface area contributed by atoms with Crippen molar-refractivity contribution >= 4 is 16.0 Å². The van der Waals surface area contributed by atoms with Crippen LogP contribution >= 0.6 is 0 Å². The van der Waals surface area contributed by atoms with Crippen molar-refractivity contribution in [1.29, 1.82) is 0 Å². The minimum absolute atomic E-state index is 0.0495. The molecule has 0 aliphatic heterocycles. The van der Waals surface area contributed by atoms with Crippen molar-refractivity contribution in [2.75, 3.05) is 6.54 Å². The van der Waals surface area contributed by atoms with Gasteiger partial charge in [-0.05, 0) is 11.3 Å². The molecule has 8 heteroatoms. The molecule has 0 bridgehead atoms. The molecule has 0 radical (unpaired) electrons. The molecule has 3 N–H and O–H groups in total. The second kappa shape index (κ2) is 5.30. The zero-order valence-corrected chi connectivity index (χ0v) is 12.2. The Hall–Kier alpha value is -1.41. The summed E-state index contributed by atoms with van der Waals surface area (Å²) in [5.41, 5.74) is -0.414. The molecule has 108 valence electrons. The van der Waals surface area contributed by atoms with Crippen molar-refractivity contribution < 1.29 is 18.3 Å². The van der Waals surface area contributed by atoms with E-state index in [9.17, 15) is 13.2 Å². The van der Waals surface area contributed by atoms with Crippen LogP contribution in [0.15, 0.2) is 11.2 Å². The first-order valence-corrected chi connectivity index (χ1v) is 7.30. The minimum Gasteiger partial charge on any atom is -0.478 e. The quantitative estimate of drug-likeness (QED) is 0.750. The number of aromatic carboxylic acids is 1. The number of hydrogen-bond donors (Lipinski definition) is 3. The van der Waals surface area contributed by atoms with Crippen LogP contribution in [0.25, 0.3) is 0 Å². The maximum Gasteiger partial charge on any atom is 0.340 e. The molecule has 1 heterocycles. The second-order valence-corrected chi connectivity index (χ2v) is 7.24. The molecule has 7 nitrogen and oxygen atoms in total. The molecular weight excluding hydrogens is 270 g/mol. The predicted octanol–water partition coefficient (Wildman–Crippen LogP) is 1.07. The smallest absolute Gasteiger partial charge is 0.340 e. The van der Waals surface area contributed by atoms with Crippen molar-refractivity contribution in [1.82, 2.24) is 14.9 Å². The van der Waals surface area contributed by atoms with Gasteiger partial charge in [0.25, 0.3) is 10.0 Å². The third-order valence-electron chi connectivity index (χ3n) is 3.16. The lowest BCUT2D eigenvalue weighted by molar-refractivity contribution is 0.0692. The Bertz CT molecular complexity index is 557. The molecular formula is C11H19N3O4S. The lowest BCUT2D eigenvalue weighted by Gasteiger charge is -2.27. The van der Waals surface area contributed by atoms with Crippen LogP contribution in [-0.4, -0.2) is 36.2 Å². The minimum atomic E-state index is -3.90. The van der Waals surface area contributed by atoms with E-state index in [2.05, 4.69) is 14.9 Å². The highest BCUT2D eigenvalue weighted by atomic mass is 32.2. The van der Waals surface area contributed by atoms with Crippen molar-refractivity contribution in [3.8, 4) is 0 Å². The van der Waals surface area contributed by atoms with E-state index < -0.39 is 21.0 Å². The number of rotatable bonds is 5. The number of carboxylic acids is 1. The first-order valence-electron chi connectivity index (χ1n) is 5.82. The molecule has 1 rings (SSSR count). The molecule has 1 unspecified atom stereocenters. The summed E-state index contributed by atoms with van der Waals surface area (Å²) in [6.45, 7) is 8.16. The molecule has 0 spiro atoms. The highest BCUT2D eigenvalue weighted by molar-refractivity contribution is 7.89. The normalized spacial score (nSPS) is 14.3. The van der Waals surface area contributed by atoms with Crippen LogP contribution < -0.4 is 4.72 Å². The fraction of sp³-hybridized carbons (Fsp3) is 0.636. The monoisotopic (exact) mass is 289 g/mol. The van der Waals surface area contributed by atoms with Gasteiger partial charge in [-0.15, -0.1) is 0 Å². The van der Waals surface area contributed by atoms with Crippen LogP contribution in [0.5, 0.6) is 0 Å². The zero-order chi connectivity index (χ0) is 14.8.